The van der Waals surface area contributed by atoms with E-state index in [4.69, 9.17) is 4.52 Å². The summed E-state index contributed by atoms with van der Waals surface area (Å²) in [7, 11) is 0. The van der Waals surface area contributed by atoms with Gasteiger partial charge in [0.25, 0.3) is 0 Å². The molecule has 1 aliphatic heterocycles. The van der Waals surface area contributed by atoms with Gasteiger partial charge in [0.2, 0.25) is 0 Å². The van der Waals surface area contributed by atoms with Crippen molar-refractivity contribution >= 4 is 0 Å². The van der Waals surface area contributed by atoms with Crippen LogP contribution in [0.25, 0.3) is 0 Å². The first-order chi connectivity index (χ1) is 9.08. The van der Waals surface area contributed by atoms with Crippen LogP contribution in [0.15, 0.2) is 16.9 Å². The molecule has 0 radical (unpaired) electrons. The van der Waals surface area contributed by atoms with E-state index in [9.17, 15) is 0 Å². The molecule has 0 bridgehead atoms. The van der Waals surface area contributed by atoms with Crippen molar-refractivity contribution in [3.63, 3.8) is 0 Å². The van der Waals surface area contributed by atoms with Crippen molar-refractivity contribution in [1.82, 2.24) is 15.4 Å². The normalized spacial score (nSPS) is 32.9. The van der Waals surface area contributed by atoms with Crippen molar-refractivity contribution in [2.45, 2.75) is 51.7 Å². The van der Waals surface area contributed by atoms with Crippen molar-refractivity contribution in [1.29, 1.82) is 0 Å². The third-order valence-electron chi connectivity index (χ3n) is 4.82. The Labute approximate surface area is 115 Å². The minimum absolute atomic E-state index is 0.287. The Bertz CT molecular complexity index is 413. The Morgan fingerprint density at radius 2 is 2.32 bits per heavy atom. The fourth-order valence-electron chi connectivity index (χ4n) is 3.41. The maximum absolute atomic E-state index is 4.97. The molecular formula is C15H25N3O. The molecule has 19 heavy (non-hydrogen) atoms. The lowest BCUT2D eigenvalue weighted by Crippen LogP contribution is -2.64. The van der Waals surface area contributed by atoms with Crippen molar-refractivity contribution < 1.29 is 4.52 Å². The topological polar surface area (TPSA) is 41.3 Å². The van der Waals surface area contributed by atoms with Crippen molar-refractivity contribution in [3.05, 3.63) is 18.0 Å². The van der Waals surface area contributed by atoms with Gasteiger partial charge < -0.3 is 9.84 Å². The van der Waals surface area contributed by atoms with E-state index in [1.165, 1.54) is 12.8 Å². The van der Waals surface area contributed by atoms with Gasteiger partial charge in [-0.15, -0.1) is 0 Å². The second-order valence-corrected chi connectivity index (χ2v) is 6.78. The molecule has 2 heterocycles. The van der Waals surface area contributed by atoms with E-state index in [0.717, 1.165) is 31.2 Å². The lowest BCUT2D eigenvalue weighted by atomic mass is 9.88. The van der Waals surface area contributed by atoms with Crippen molar-refractivity contribution in [2.75, 3.05) is 13.1 Å². The van der Waals surface area contributed by atoms with Gasteiger partial charge in [0.05, 0.1) is 5.69 Å². The first-order valence-electron chi connectivity index (χ1n) is 7.47. The Kier molecular flexibility index (Phi) is 3.39. The van der Waals surface area contributed by atoms with Gasteiger partial charge in [-0.05, 0) is 31.6 Å². The van der Waals surface area contributed by atoms with E-state index in [2.05, 4.69) is 36.1 Å². The molecule has 0 spiro atoms. The van der Waals surface area contributed by atoms with E-state index in [1.807, 2.05) is 6.07 Å². The van der Waals surface area contributed by atoms with E-state index >= 15 is 0 Å². The van der Waals surface area contributed by atoms with E-state index in [0.29, 0.717) is 12.0 Å². The quantitative estimate of drug-likeness (QED) is 0.905. The van der Waals surface area contributed by atoms with Crippen LogP contribution in [0.2, 0.25) is 0 Å². The van der Waals surface area contributed by atoms with E-state index in [-0.39, 0.29) is 5.54 Å². The van der Waals surface area contributed by atoms with Crippen LogP contribution in [0.1, 0.15) is 39.3 Å². The minimum Gasteiger partial charge on any atom is -0.364 e. The van der Waals surface area contributed by atoms with Gasteiger partial charge in [-0.2, -0.15) is 0 Å². The molecule has 0 aromatic carbocycles. The first kappa shape index (κ1) is 13.1. The Morgan fingerprint density at radius 1 is 1.53 bits per heavy atom. The number of nitrogens with one attached hydrogen (secondary N) is 1. The van der Waals surface area contributed by atoms with Crippen LogP contribution in [-0.4, -0.2) is 34.7 Å². The van der Waals surface area contributed by atoms with Crippen LogP contribution in [0, 0.1) is 11.8 Å². The molecule has 4 heteroatoms. The van der Waals surface area contributed by atoms with Gasteiger partial charge in [-0.3, -0.25) is 4.90 Å². The summed E-state index contributed by atoms with van der Waals surface area (Å²) in [6.45, 7) is 10.1. The standard InChI is InChI=1S/C15H25N3O/c1-11(2)14-8-16-15(3,12-4-5-12)10-18(14)9-13-6-7-19-17-13/h6-7,11-12,14,16H,4-5,8-10H2,1-3H3. The summed E-state index contributed by atoms with van der Waals surface area (Å²) in [6.07, 6.45) is 4.43. The molecule has 1 aromatic rings. The van der Waals surface area contributed by atoms with Gasteiger partial charge in [-0.25, -0.2) is 0 Å². The lowest BCUT2D eigenvalue weighted by molar-refractivity contribution is 0.0446. The summed E-state index contributed by atoms with van der Waals surface area (Å²) in [5, 5.41) is 7.89. The maximum atomic E-state index is 4.97. The molecular weight excluding hydrogens is 238 g/mol. The van der Waals surface area contributed by atoms with Gasteiger partial charge >= 0.3 is 0 Å². The summed E-state index contributed by atoms with van der Waals surface area (Å²) in [5.74, 6) is 1.52. The van der Waals surface area contributed by atoms with Crippen LogP contribution < -0.4 is 5.32 Å². The molecule has 2 fully saturated rings. The zero-order valence-electron chi connectivity index (χ0n) is 12.2. The van der Waals surface area contributed by atoms with Crippen LogP contribution in [0.3, 0.4) is 0 Å². The lowest BCUT2D eigenvalue weighted by Gasteiger charge is -2.48. The molecule has 1 saturated carbocycles. The zero-order valence-corrected chi connectivity index (χ0v) is 12.2. The SMILES string of the molecule is CC(C)C1CNC(C)(C2CC2)CN1Cc1ccon1. The maximum Gasteiger partial charge on any atom is 0.124 e. The average molecular weight is 263 g/mol. The van der Waals surface area contributed by atoms with Crippen molar-refractivity contribution in [3.8, 4) is 0 Å². The van der Waals surface area contributed by atoms with Crippen LogP contribution in [0.5, 0.6) is 0 Å². The van der Waals surface area contributed by atoms with Crippen LogP contribution in [0.4, 0.5) is 0 Å². The zero-order chi connectivity index (χ0) is 13.5. The molecule has 1 aliphatic carbocycles. The summed E-state index contributed by atoms with van der Waals surface area (Å²) in [4.78, 5) is 2.59. The number of nitrogens with zero attached hydrogens (tertiary/aromatic N) is 2. The summed E-state index contributed by atoms with van der Waals surface area (Å²) >= 11 is 0. The number of aromatic nitrogens is 1. The van der Waals surface area contributed by atoms with Gasteiger partial charge in [0, 0.05) is 37.3 Å². The summed E-state index contributed by atoms with van der Waals surface area (Å²) in [5.41, 5.74) is 1.33. The molecule has 1 N–H and O–H groups in total. The molecule has 0 amide bonds. The predicted molar refractivity (Wildman–Crippen MR) is 74.7 cm³/mol. The predicted octanol–water partition coefficient (Wildman–Crippen LogP) is 2.27. The molecule has 1 saturated heterocycles. The number of rotatable bonds is 4. The highest BCUT2D eigenvalue weighted by Gasteiger charge is 2.46. The highest BCUT2D eigenvalue weighted by molar-refractivity contribution is 5.06. The highest BCUT2D eigenvalue weighted by Crippen LogP contribution is 2.42. The first-order valence-corrected chi connectivity index (χ1v) is 7.47. The van der Waals surface area contributed by atoms with Gasteiger partial charge in [0.1, 0.15) is 6.26 Å². The highest BCUT2D eigenvalue weighted by atomic mass is 16.5. The second-order valence-electron chi connectivity index (χ2n) is 6.78. The Morgan fingerprint density at radius 3 is 2.89 bits per heavy atom. The third-order valence-corrected chi connectivity index (χ3v) is 4.82. The molecule has 2 aliphatic rings. The van der Waals surface area contributed by atoms with Gasteiger partial charge in [-0.1, -0.05) is 19.0 Å². The van der Waals surface area contributed by atoms with Crippen molar-refractivity contribution in [2.24, 2.45) is 11.8 Å². The fraction of sp³-hybridized carbons (Fsp3) is 0.800. The number of piperazine rings is 1. The molecule has 3 rings (SSSR count). The molecule has 4 nitrogen and oxygen atoms in total. The third kappa shape index (κ3) is 2.70. The number of hydrogen-bond acceptors (Lipinski definition) is 4. The van der Waals surface area contributed by atoms with E-state index in [1.54, 1.807) is 6.26 Å². The molecule has 2 unspecified atom stereocenters. The monoisotopic (exact) mass is 263 g/mol. The van der Waals surface area contributed by atoms with E-state index < -0.39 is 0 Å². The second kappa shape index (κ2) is 4.91. The van der Waals surface area contributed by atoms with Gasteiger partial charge in [0.15, 0.2) is 0 Å². The molecule has 106 valence electrons. The number of hydrogen-bond donors (Lipinski definition) is 1. The van der Waals surface area contributed by atoms with Crippen LogP contribution >= 0.6 is 0 Å². The average Bonchev–Trinajstić information content (AvgIpc) is 3.10. The molecule has 1 aromatic heterocycles. The fourth-order valence-corrected chi connectivity index (χ4v) is 3.41. The Balaban J connectivity index is 1.74. The smallest absolute Gasteiger partial charge is 0.124 e. The molecule has 2 atom stereocenters. The summed E-state index contributed by atoms with van der Waals surface area (Å²) < 4.78 is 4.97. The largest absolute Gasteiger partial charge is 0.364 e. The summed E-state index contributed by atoms with van der Waals surface area (Å²) in [6, 6.07) is 2.57. The van der Waals surface area contributed by atoms with Crippen LogP contribution in [-0.2, 0) is 6.54 Å². The Hall–Kier alpha value is -0.870. The minimum atomic E-state index is 0.287.